The molecule has 1 aliphatic rings. The number of nitro groups is 1. The number of nitrogens with zero attached hydrogens (tertiary/aromatic N) is 1. The van der Waals surface area contributed by atoms with Gasteiger partial charge in [0.15, 0.2) is 0 Å². The monoisotopic (exact) mass is 269 g/mol. The highest BCUT2D eigenvalue weighted by Crippen LogP contribution is 2.46. The van der Waals surface area contributed by atoms with Crippen LogP contribution in [0.15, 0.2) is 42.5 Å². The number of benzene rings is 2. The number of methoxy groups -OCH3 is 1. The standard InChI is InChI=1S/C15H11NO4/c1-20-15(17)14-12-5-3-2-4-10(12)11-7-6-9(16(18)19)8-13(11)14/h2-8,14H,1H3. The third-order valence-corrected chi connectivity index (χ3v) is 3.56. The number of carbonyl (C=O) groups is 1. The zero-order chi connectivity index (χ0) is 14.3. The second-order valence-electron chi connectivity index (χ2n) is 4.57. The van der Waals surface area contributed by atoms with Crippen molar-refractivity contribution in [3.8, 4) is 11.1 Å². The highest BCUT2D eigenvalue weighted by Gasteiger charge is 2.35. The Hall–Kier alpha value is -2.69. The first-order valence-corrected chi connectivity index (χ1v) is 6.09. The van der Waals surface area contributed by atoms with Crippen LogP contribution in [0.2, 0.25) is 0 Å². The zero-order valence-corrected chi connectivity index (χ0v) is 10.7. The Balaban J connectivity index is 2.25. The summed E-state index contributed by atoms with van der Waals surface area (Å²) < 4.78 is 4.84. The van der Waals surface area contributed by atoms with Crippen molar-refractivity contribution in [2.45, 2.75) is 5.92 Å². The molecular weight excluding hydrogens is 258 g/mol. The normalized spacial score (nSPS) is 15.3. The molecule has 2 aromatic rings. The minimum atomic E-state index is -0.592. The first-order valence-electron chi connectivity index (χ1n) is 6.09. The molecule has 0 fully saturated rings. The number of rotatable bonds is 2. The first kappa shape index (κ1) is 12.3. The van der Waals surface area contributed by atoms with Gasteiger partial charge in [0.05, 0.1) is 12.0 Å². The summed E-state index contributed by atoms with van der Waals surface area (Å²) in [5.74, 6) is -0.997. The van der Waals surface area contributed by atoms with Crippen molar-refractivity contribution >= 4 is 11.7 Å². The molecule has 1 aliphatic carbocycles. The van der Waals surface area contributed by atoms with Gasteiger partial charge in [0.2, 0.25) is 0 Å². The van der Waals surface area contributed by atoms with Gasteiger partial charge >= 0.3 is 5.97 Å². The van der Waals surface area contributed by atoms with Crippen molar-refractivity contribution in [2.24, 2.45) is 0 Å². The number of fused-ring (bicyclic) bond motifs is 3. The fourth-order valence-corrected chi connectivity index (χ4v) is 2.68. The number of hydrogen-bond acceptors (Lipinski definition) is 4. The quantitative estimate of drug-likeness (QED) is 0.477. The fraction of sp³-hybridized carbons (Fsp3) is 0.133. The van der Waals surface area contributed by atoms with E-state index in [1.165, 1.54) is 19.2 Å². The van der Waals surface area contributed by atoms with Crippen molar-refractivity contribution < 1.29 is 14.5 Å². The van der Waals surface area contributed by atoms with Gasteiger partial charge in [-0.05, 0) is 28.3 Å². The fourth-order valence-electron chi connectivity index (χ4n) is 2.68. The van der Waals surface area contributed by atoms with Crippen LogP contribution in [0.25, 0.3) is 11.1 Å². The number of nitro benzene ring substituents is 1. The summed E-state index contributed by atoms with van der Waals surface area (Å²) in [6.45, 7) is 0. The Morgan fingerprint density at radius 1 is 1.15 bits per heavy atom. The van der Waals surface area contributed by atoms with Gasteiger partial charge in [-0.2, -0.15) is 0 Å². The van der Waals surface area contributed by atoms with Gasteiger partial charge in [0.1, 0.15) is 5.92 Å². The highest BCUT2D eigenvalue weighted by atomic mass is 16.6. The lowest BCUT2D eigenvalue weighted by atomic mass is 9.97. The lowest BCUT2D eigenvalue weighted by molar-refractivity contribution is -0.384. The van der Waals surface area contributed by atoms with Gasteiger partial charge in [-0.1, -0.05) is 24.3 Å². The average Bonchev–Trinajstić information content (AvgIpc) is 2.80. The zero-order valence-electron chi connectivity index (χ0n) is 10.7. The topological polar surface area (TPSA) is 69.4 Å². The smallest absolute Gasteiger partial charge is 0.317 e. The Labute approximate surface area is 115 Å². The summed E-state index contributed by atoms with van der Waals surface area (Å²) in [6, 6.07) is 12.1. The lowest BCUT2D eigenvalue weighted by Gasteiger charge is -2.10. The Morgan fingerprint density at radius 2 is 1.85 bits per heavy atom. The third-order valence-electron chi connectivity index (χ3n) is 3.56. The SMILES string of the molecule is COC(=O)C1c2ccccc2-c2ccc([N+](=O)[O-])cc21. The summed E-state index contributed by atoms with van der Waals surface area (Å²) in [4.78, 5) is 22.5. The van der Waals surface area contributed by atoms with Gasteiger partial charge in [0, 0.05) is 12.1 Å². The van der Waals surface area contributed by atoms with Crippen molar-refractivity contribution in [1.29, 1.82) is 0 Å². The molecule has 5 nitrogen and oxygen atoms in total. The van der Waals surface area contributed by atoms with Crippen LogP contribution in [0, 0.1) is 10.1 Å². The lowest BCUT2D eigenvalue weighted by Crippen LogP contribution is -2.13. The summed E-state index contributed by atoms with van der Waals surface area (Å²) in [5.41, 5.74) is 3.21. The molecule has 0 saturated heterocycles. The van der Waals surface area contributed by atoms with Crippen molar-refractivity contribution in [2.75, 3.05) is 7.11 Å². The van der Waals surface area contributed by atoms with E-state index >= 15 is 0 Å². The predicted octanol–water partition coefficient (Wildman–Crippen LogP) is 2.88. The molecule has 1 unspecified atom stereocenters. The maximum atomic E-state index is 12.0. The predicted molar refractivity (Wildman–Crippen MR) is 72.4 cm³/mol. The molecule has 0 radical (unpaired) electrons. The van der Waals surface area contributed by atoms with Gasteiger partial charge in [-0.25, -0.2) is 0 Å². The van der Waals surface area contributed by atoms with E-state index < -0.39 is 16.8 Å². The van der Waals surface area contributed by atoms with Gasteiger partial charge in [-0.3, -0.25) is 14.9 Å². The van der Waals surface area contributed by atoms with E-state index in [0.29, 0.717) is 5.56 Å². The molecule has 0 bridgehead atoms. The van der Waals surface area contributed by atoms with Crippen LogP contribution in [0.1, 0.15) is 17.0 Å². The van der Waals surface area contributed by atoms with E-state index in [1.807, 2.05) is 24.3 Å². The van der Waals surface area contributed by atoms with Crippen LogP contribution in [-0.2, 0) is 9.53 Å². The number of carbonyl (C=O) groups excluding carboxylic acids is 1. The molecule has 5 heteroatoms. The van der Waals surface area contributed by atoms with Crippen LogP contribution < -0.4 is 0 Å². The Bertz CT molecular complexity index is 724. The summed E-state index contributed by atoms with van der Waals surface area (Å²) >= 11 is 0. The second kappa shape index (κ2) is 4.45. The minimum absolute atomic E-state index is 0.0227. The molecular formula is C15H11NO4. The summed E-state index contributed by atoms with van der Waals surface area (Å²) in [6.07, 6.45) is 0. The molecule has 1 atom stereocenters. The summed E-state index contributed by atoms with van der Waals surface area (Å²) in [5, 5.41) is 10.9. The Morgan fingerprint density at radius 3 is 2.55 bits per heavy atom. The third kappa shape index (κ3) is 1.67. The van der Waals surface area contributed by atoms with Gasteiger partial charge < -0.3 is 4.74 Å². The molecule has 20 heavy (non-hydrogen) atoms. The molecule has 100 valence electrons. The van der Waals surface area contributed by atoms with E-state index in [4.69, 9.17) is 4.74 Å². The van der Waals surface area contributed by atoms with E-state index in [-0.39, 0.29) is 5.69 Å². The maximum absolute atomic E-state index is 12.0. The van der Waals surface area contributed by atoms with Gasteiger partial charge in [0.25, 0.3) is 5.69 Å². The number of non-ortho nitro benzene ring substituents is 1. The highest BCUT2D eigenvalue weighted by molar-refractivity contribution is 5.94. The van der Waals surface area contributed by atoms with Crippen molar-refractivity contribution in [3.63, 3.8) is 0 Å². The molecule has 0 heterocycles. The van der Waals surface area contributed by atoms with E-state index in [9.17, 15) is 14.9 Å². The molecule has 0 amide bonds. The number of ether oxygens (including phenoxy) is 1. The van der Waals surface area contributed by atoms with Crippen LogP contribution >= 0.6 is 0 Å². The van der Waals surface area contributed by atoms with Gasteiger partial charge in [-0.15, -0.1) is 0 Å². The van der Waals surface area contributed by atoms with E-state index in [2.05, 4.69) is 0 Å². The molecule has 0 aliphatic heterocycles. The molecule has 0 spiro atoms. The van der Waals surface area contributed by atoms with Crippen molar-refractivity contribution in [3.05, 3.63) is 63.7 Å². The molecule has 0 aromatic heterocycles. The van der Waals surface area contributed by atoms with Crippen LogP contribution in [0.4, 0.5) is 5.69 Å². The average molecular weight is 269 g/mol. The largest absolute Gasteiger partial charge is 0.468 e. The minimum Gasteiger partial charge on any atom is -0.468 e. The Kier molecular flexibility index (Phi) is 2.75. The summed E-state index contributed by atoms with van der Waals surface area (Å²) in [7, 11) is 1.32. The van der Waals surface area contributed by atoms with Crippen LogP contribution in [-0.4, -0.2) is 18.0 Å². The number of hydrogen-bond donors (Lipinski definition) is 0. The van der Waals surface area contributed by atoms with E-state index in [0.717, 1.165) is 16.7 Å². The molecule has 0 N–H and O–H groups in total. The molecule has 0 saturated carbocycles. The molecule has 2 aromatic carbocycles. The van der Waals surface area contributed by atoms with Crippen LogP contribution in [0.5, 0.6) is 0 Å². The van der Waals surface area contributed by atoms with Crippen LogP contribution in [0.3, 0.4) is 0 Å². The maximum Gasteiger partial charge on any atom is 0.317 e. The van der Waals surface area contributed by atoms with E-state index in [1.54, 1.807) is 6.07 Å². The molecule has 3 rings (SSSR count). The second-order valence-corrected chi connectivity index (χ2v) is 4.57. The van der Waals surface area contributed by atoms with Crippen molar-refractivity contribution in [1.82, 2.24) is 0 Å². The first-order chi connectivity index (χ1) is 9.63. The number of esters is 1.